The molecular weight excluding hydrogens is 1150 g/mol. The Kier molecular flexibility index (Phi) is 16.4. The zero-order valence-corrected chi connectivity index (χ0v) is 31.8. The fourth-order valence-electron chi connectivity index (χ4n) is 4.29. The van der Waals surface area contributed by atoms with Crippen molar-refractivity contribution in [3.63, 3.8) is 0 Å². The maximum absolute atomic E-state index is 14.2. The van der Waals surface area contributed by atoms with Crippen LogP contribution in [0.25, 0.3) is 0 Å². The molecule has 0 bridgehead atoms. The van der Waals surface area contributed by atoms with Crippen LogP contribution in [-0.4, -0.2) is 137 Å². The highest BCUT2D eigenvalue weighted by Crippen LogP contribution is 2.71. The summed E-state index contributed by atoms with van der Waals surface area (Å²) in [5, 5.41) is 0. The van der Waals surface area contributed by atoms with E-state index in [9.17, 15) is 189 Å². The van der Waals surface area contributed by atoms with Crippen LogP contribution in [0.2, 0.25) is 0 Å². The molecule has 0 rings (SSSR count). The highest BCUT2D eigenvalue weighted by molar-refractivity contribution is 5.71. The van der Waals surface area contributed by atoms with Gasteiger partial charge in [-0.15, -0.1) is 0 Å². The number of hydrogen-bond donors (Lipinski definition) is 0. The molecule has 1 unspecified atom stereocenters. The van der Waals surface area contributed by atoms with Gasteiger partial charge in [-0.2, -0.15) is 176 Å². The topological polar surface area (TPSA) is 26.3 Å². The summed E-state index contributed by atoms with van der Waals surface area (Å²) in [5.74, 6) is -203. The van der Waals surface area contributed by atoms with Crippen LogP contribution in [0.1, 0.15) is 20.3 Å². The molecule has 426 valence electrons. The fraction of sp³-hybridized carbons (Fsp3) is 0.963. The quantitative estimate of drug-likeness (QED) is 0.0711. The van der Waals surface area contributed by atoms with Gasteiger partial charge in [-0.25, -0.2) is 8.78 Å². The number of esters is 1. The molecule has 0 aromatic carbocycles. The number of carbonyl (C=O) groups excluding carboxylic acids is 1. The minimum absolute atomic E-state index is 0.574. The van der Waals surface area contributed by atoms with Gasteiger partial charge < -0.3 is 4.74 Å². The average molecular weight is 1170 g/mol. The monoisotopic (exact) mass is 1170 g/mol. The number of ether oxygens (including phenoxy) is 1. The van der Waals surface area contributed by atoms with Gasteiger partial charge in [0, 0.05) is 0 Å². The number of halogens is 42. The first-order valence-electron chi connectivity index (χ1n) is 16.1. The molecule has 0 spiro atoms. The third kappa shape index (κ3) is 8.05. The molecule has 0 aliphatic heterocycles. The normalized spacial score (nSPS) is 17.3. The SMILES string of the molecule is CCC(C)C(=O)OCC(F)(F)C(F)(F)C(F)(F)C(F)(F)C(F)(F)C(F)(F)C(F)(F)C(F)(F)C(F)(F)C(F)(F)C(F)(F)C(F)(F)C(F)(F)C(F)(F)C(F)(F)C(F)(F)C(F)(F)C(F)(F)C(F)(F)C(F)(F)C(F)F. The van der Waals surface area contributed by atoms with Crippen LogP contribution in [0.3, 0.4) is 0 Å². The molecule has 0 aliphatic carbocycles. The summed E-state index contributed by atoms with van der Waals surface area (Å²) in [6.07, 6.45) is -7.25. The molecule has 0 aromatic heterocycles. The minimum atomic E-state index is -10.7. The van der Waals surface area contributed by atoms with Gasteiger partial charge in [0.1, 0.15) is 0 Å². The maximum Gasteiger partial charge on any atom is 0.385 e. The van der Waals surface area contributed by atoms with E-state index in [2.05, 4.69) is 4.74 Å². The Labute approximate surface area is 358 Å². The second-order valence-electron chi connectivity index (χ2n) is 13.9. The standard InChI is InChI=1S/C27H12F42O2/c1-3-5(2)6(70)71-4-8(30,31)10(34,35)12(38,39)14(42,43)16(46,47)18(50,51)20(54,55)22(58,59)24(62,63)26(66,67)27(68,69)25(64,65)23(60,61)21(56,57)19(52,53)17(48,49)15(44,45)13(40,41)11(36,37)9(32,33)7(28)29/h5,7H,3-4H2,1-2H3. The molecule has 0 aliphatic rings. The van der Waals surface area contributed by atoms with Crippen molar-refractivity contribution in [3.05, 3.63) is 0 Å². The first-order chi connectivity index (χ1) is 30.1. The maximum atomic E-state index is 14.2. The van der Waals surface area contributed by atoms with Crippen molar-refractivity contribution >= 4 is 5.97 Å². The van der Waals surface area contributed by atoms with Crippen molar-refractivity contribution in [2.24, 2.45) is 5.92 Å². The number of alkyl halides is 42. The molecule has 71 heavy (non-hydrogen) atoms. The smallest absolute Gasteiger partial charge is 0.385 e. The molecule has 0 radical (unpaired) electrons. The lowest BCUT2D eigenvalue weighted by Gasteiger charge is -2.47. The Bertz CT molecular complexity index is 1900. The number of carbonyl (C=O) groups is 1. The van der Waals surface area contributed by atoms with E-state index in [0.717, 1.165) is 6.92 Å². The van der Waals surface area contributed by atoms with Gasteiger partial charge in [0.15, 0.2) is 6.61 Å². The lowest BCUT2D eigenvalue weighted by atomic mass is 9.81. The Balaban J connectivity index is 7.94. The largest absolute Gasteiger partial charge is 0.459 e. The van der Waals surface area contributed by atoms with Crippen LogP contribution >= 0.6 is 0 Å². The number of rotatable bonds is 24. The molecule has 0 amide bonds. The molecule has 0 saturated carbocycles. The molecule has 0 saturated heterocycles. The summed E-state index contributed by atoms with van der Waals surface area (Å²) in [7, 11) is 0. The Morgan fingerprint density at radius 3 is 0.620 bits per heavy atom. The fourth-order valence-corrected chi connectivity index (χ4v) is 4.29. The summed E-state index contributed by atoms with van der Waals surface area (Å²) in [6.45, 7) is -2.36. The molecule has 0 aromatic rings. The van der Waals surface area contributed by atoms with Crippen LogP contribution in [-0.2, 0) is 9.53 Å². The van der Waals surface area contributed by atoms with Crippen LogP contribution in [0.15, 0.2) is 0 Å². The zero-order valence-electron chi connectivity index (χ0n) is 31.8. The van der Waals surface area contributed by atoms with Crippen molar-refractivity contribution < 1.29 is 194 Å². The van der Waals surface area contributed by atoms with Gasteiger partial charge in [0.25, 0.3) is 0 Å². The van der Waals surface area contributed by atoms with Crippen LogP contribution in [0.4, 0.5) is 184 Å². The van der Waals surface area contributed by atoms with Crippen molar-refractivity contribution in [2.45, 2.75) is 145 Å². The van der Waals surface area contributed by atoms with E-state index in [4.69, 9.17) is 0 Å². The Morgan fingerprint density at radius 2 is 0.465 bits per heavy atom. The lowest BCUT2D eigenvalue weighted by molar-refractivity contribution is -0.495. The second-order valence-corrected chi connectivity index (χ2v) is 13.9. The average Bonchev–Trinajstić information content (AvgIpc) is 3.17. The first-order valence-corrected chi connectivity index (χ1v) is 16.1. The summed E-state index contributed by atoms with van der Waals surface area (Å²) in [6, 6.07) is 0. The summed E-state index contributed by atoms with van der Waals surface area (Å²) < 4.78 is 584. The molecule has 44 heteroatoms. The third-order valence-electron chi connectivity index (χ3n) is 9.27. The Hall–Kier alpha value is -3.47. The molecular formula is C27H12F42O2. The molecule has 0 N–H and O–H groups in total. The van der Waals surface area contributed by atoms with Crippen molar-refractivity contribution in [3.8, 4) is 0 Å². The first kappa shape index (κ1) is 67.5. The number of hydrogen-bond acceptors (Lipinski definition) is 2. The second kappa shape index (κ2) is 17.3. The predicted octanol–water partition coefficient (Wildman–Crippen LogP) is 14.5. The van der Waals surface area contributed by atoms with Crippen LogP contribution in [0, 0.1) is 5.92 Å². The Morgan fingerprint density at radius 1 is 0.310 bits per heavy atom. The van der Waals surface area contributed by atoms with Crippen molar-refractivity contribution in [2.75, 3.05) is 6.61 Å². The van der Waals surface area contributed by atoms with Crippen LogP contribution in [0.5, 0.6) is 0 Å². The van der Waals surface area contributed by atoms with Gasteiger partial charge >= 0.3 is 131 Å². The molecule has 2 nitrogen and oxygen atoms in total. The summed E-state index contributed by atoms with van der Waals surface area (Å²) >= 11 is 0. The van der Waals surface area contributed by atoms with E-state index in [-0.39, 0.29) is 0 Å². The van der Waals surface area contributed by atoms with Gasteiger partial charge in [-0.1, -0.05) is 13.8 Å². The van der Waals surface area contributed by atoms with E-state index in [1.54, 1.807) is 0 Å². The van der Waals surface area contributed by atoms with E-state index in [0.29, 0.717) is 6.92 Å². The van der Waals surface area contributed by atoms with Crippen molar-refractivity contribution in [1.29, 1.82) is 0 Å². The van der Waals surface area contributed by atoms with E-state index >= 15 is 0 Å². The minimum Gasteiger partial charge on any atom is -0.459 e. The molecule has 0 heterocycles. The summed E-state index contributed by atoms with van der Waals surface area (Å²) in [4.78, 5) is 11.3. The lowest BCUT2D eigenvalue weighted by Crippen LogP contribution is -2.80. The molecule has 1 atom stereocenters. The van der Waals surface area contributed by atoms with Crippen molar-refractivity contribution in [1.82, 2.24) is 0 Å². The highest BCUT2D eigenvalue weighted by Gasteiger charge is 3.03. The predicted molar refractivity (Wildman–Crippen MR) is 135 cm³/mol. The van der Waals surface area contributed by atoms with Crippen LogP contribution < -0.4 is 0 Å². The van der Waals surface area contributed by atoms with E-state index in [1.165, 1.54) is 0 Å². The van der Waals surface area contributed by atoms with Gasteiger partial charge in [-0.05, 0) is 6.42 Å². The zero-order chi connectivity index (χ0) is 58.9. The highest BCUT2D eigenvalue weighted by atomic mass is 19.4. The molecule has 0 fully saturated rings. The third-order valence-corrected chi connectivity index (χ3v) is 9.27. The summed E-state index contributed by atoms with van der Waals surface area (Å²) in [5.41, 5.74) is 0. The van der Waals surface area contributed by atoms with Gasteiger partial charge in [-0.3, -0.25) is 4.79 Å². The van der Waals surface area contributed by atoms with Gasteiger partial charge in [0.2, 0.25) is 0 Å². The van der Waals surface area contributed by atoms with E-state index < -0.39 is 150 Å². The van der Waals surface area contributed by atoms with Gasteiger partial charge in [0.05, 0.1) is 5.92 Å². The van der Waals surface area contributed by atoms with E-state index in [1.807, 2.05) is 0 Å².